The van der Waals surface area contributed by atoms with E-state index in [1.807, 2.05) is 12.3 Å². The van der Waals surface area contributed by atoms with Crippen LogP contribution < -0.4 is 10.1 Å². The molecular weight excluding hydrogens is 328 g/mol. The molecule has 1 heterocycles. The predicted octanol–water partition coefficient (Wildman–Crippen LogP) is 4.25. The smallest absolute Gasteiger partial charge is 0.137 e. The lowest BCUT2D eigenvalue weighted by molar-refractivity contribution is 0.411. The third-order valence-corrected chi connectivity index (χ3v) is 4.29. The normalized spacial score (nSPS) is 12.2. The summed E-state index contributed by atoms with van der Waals surface area (Å²) in [6.45, 7) is 5.21. The number of aromatic nitrogens is 1. The molecule has 21 heavy (non-hydrogen) atoms. The van der Waals surface area contributed by atoms with Gasteiger partial charge in [-0.15, -0.1) is 0 Å². The first-order valence-electron chi connectivity index (χ1n) is 7.14. The molecule has 0 fully saturated rings. The Kier molecular flexibility index (Phi) is 5.76. The van der Waals surface area contributed by atoms with Crippen LogP contribution in [0, 0.1) is 6.92 Å². The number of nitrogens with zero attached hydrogens (tertiary/aromatic N) is 1. The minimum Gasteiger partial charge on any atom is -0.495 e. The Morgan fingerprint density at radius 1 is 1.24 bits per heavy atom. The van der Waals surface area contributed by atoms with Crippen molar-refractivity contribution in [3.63, 3.8) is 0 Å². The Bertz CT molecular complexity index is 601. The summed E-state index contributed by atoms with van der Waals surface area (Å²) in [5, 5.41) is 3.58. The zero-order valence-electron chi connectivity index (χ0n) is 12.7. The molecule has 1 unspecified atom stereocenters. The van der Waals surface area contributed by atoms with Crippen molar-refractivity contribution >= 4 is 15.9 Å². The van der Waals surface area contributed by atoms with Crippen molar-refractivity contribution in [3.05, 3.63) is 57.8 Å². The molecule has 0 amide bonds. The first-order chi connectivity index (χ1) is 10.2. The minimum atomic E-state index is 0.115. The first kappa shape index (κ1) is 16.0. The molecule has 0 aliphatic rings. The van der Waals surface area contributed by atoms with E-state index in [1.54, 1.807) is 13.3 Å². The van der Waals surface area contributed by atoms with Crippen molar-refractivity contribution < 1.29 is 4.74 Å². The van der Waals surface area contributed by atoms with Crippen LogP contribution in [0.1, 0.15) is 36.1 Å². The van der Waals surface area contributed by atoms with Crippen LogP contribution in [0.25, 0.3) is 0 Å². The molecule has 0 saturated heterocycles. The van der Waals surface area contributed by atoms with E-state index in [-0.39, 0.29) is 6.04 Å². The fourth-order valence-electron chi connectivity index (χ4n) is 2.21. The topological polar surface area (TPSA) is 34.2 Å². The molecule has 1 aromatic heterocycles. The first-order valence-corrected chi connectivity index (χ1v) is 7.93. The number of rotatable bonds is 6. The van der Waals surface area contributed by atoms with Crippen LogP contribution in [0.5, 0.6) is 5.75 Å². The molecule has 1 atom stereocenters. The van der Waals surface area contributed by atoms with Gasteiger partial charge in [0, 0.05) is 10.7 Å². The number of pyridine rings is 1. The summed E-state index contributed by atoms with van der Waals surface area (Å²) in [6, 6.07) is 8.61. The number of halogens is 1. The van der Waals surface area contributed by atoms with Crippen molar-refractivity contribution in [1.82, 2.24) is 10.3 Å². The van der Waals surface area contributed by atoms with Crippen LogP contribution in [-0.4, -0.2) is 18.6 Å². The molecule has 0 aliphatic heterocycles. The van der Waals surface area contributed by atoms with Gasteiger partial charge in [0.1, 0.15) is 5.75 Å². The molecule has 0 saturated carbocycles. The van der Waals surface area contributed by atoms with E-state index in [0.29, 0.717) is 0 Å². The van der Waals surface area contributed by atoms with Crippen molar-refractivity contribution in [1.29, 1.82) is 0 Å². The predicted molar refractivity (Wildman–Crippen MR) is 89.8 cm³/mol. The largest absolute Gasteiger partial charge is 0.495 e. The highest BCUT2D eigenvalue weighted by molar-refractivity contribution is 9.10. The molecule has 0 bridgehead atoms. The monoisotopic (exact) mass is 348 g/mol. The van der Waals surface area contributed by atoms with Crippen molar-refractivity contribution in [2.75, 3.05) is 13.7 Å². The van der Waals surface area contributed by atoms with Gasteiger partial charge in [-0.05, 0) is 48.7 Å². The second-order valence-electron chi connectivity index (χ2n) is 5.05. The third kappa shape index (κ3) is 4.05. The Morgan fingerprint density at radius 3 is 2.71 bits per heavy atom. The molecular formula is C17H21BrN2O. The van der Waals surface area contributed by atoms with Crippen molar-refractivity contribution in [2.45, 2.75) is 26.3 Å². The Morgan fingerprint density at radius 2 is 2.05 bits per heavy atom. The average molecular weight is 349 g/mol. The number of ether oxygens (including phenoxy) is 1. The van der Waals surface area contributed by atoms with E-state index in [4.69, 9.17) is 4.74 Å². The molecule has 0 spiro atoms. The second kappa shape index (κ2) is 7.57. The molecule has 2 rings (SSSR count). The van der Waals surface area contributed by atoms with Gasteiger partial charge in [0.05, 0.1) is 19.3 Å². The van der Waals surface area contributed by atoms with Crippen LogP contribution >= 0.6 is 15.9 Å². The van der Waals surface area contributed by atoms with Crippen LogP contribution in [0.3, 0.4) is 0 Å². The van der Waals surface area contributed by atoms with Gasteiger partial charge in [-0.25, -0.2) is 0 Å². The van der Waals surface area contributed by atoms with Gasteiger partial charge in [-0.2, -0.15) is 0 Å². The van der Waals surface area contributed by atoms with E-state index < -0.39 is 0 Å². The fraction of sp³-hybridized carbons (Fsp3) is 0.353. The highest BCUT2D eigenvalue weighted by Gasteiger charge is 2.15. The number of methoxy groups -OCH3 is 1. The summed E-state index contributed by atoms with van der Waals surface area (Å²) in [5.74, 6) is 0.780. The number of aryl methyl sites for hydroxylation is 1. The summed E-state index contributed by atoms with van der Waals surface area (Å²) in [4.78, 5) is 4.27. The zero-order chi connectivity index (χ0) is 15.2. The summed E-state index contributed by atoms with van der Waals surface area (Å²) in [5.41, 5.74) is 3.56. The van der Waals surface area contributed by atoms with Crippen LogP contribution in [0.4, 0.5) is 0 Å². The molecule has 112 valence electrons. The van der Waals surface area contributed by atoms with Crippen LogP contribution in [-0.2, 0) is 0 Å². The molecule has 4 heteroatoms. The van der Waals surface area contributed by atoms with Gasteiger partial charge < -0.3 is 10.1 Å². The molecule has 0 radical (unpaired) electrons. The van der Waals surface area contributed by atoms with Gasteiger partial charge in [0.15, 0.2) is 0 Å². The SMILES string of the molecule is CCCNC(c1cncc(OC)c1)c1ccc(C)c(Br)c1. The second-order valence-corrected chi connectivity index (χ2v) is 5.91. The van der Waals surface area contributed by atoms with Crippen molar-refractivity contribution in [2.24, 2.45) is 0 Å². The number of hydrogen-bond acceptors (Lipinski definition) is 3. The van der Waals surface area contributed by atoms with E-state index >= 15 is 0 Å². The number of hydrogen-bond donors (Lipinski definition) is 1. The molecule has 1 N–H and O–H groups in total. The molecule has 0 aliphatic carbocycles. The van der Waals surface area contributed by atoms with Gasteiger partial charge in [0.25, 0.3) is 0 Å². The number of nitrogens with one attached hydrogen (secondary N) is 1. The Balaban J connectivity index is 2.38. The van der Waals surface area contributed by atoms with Crippen LogP contribution in [0.2, 0.25) is 0 Å². The standard InChI is InChI=1S/C17H21BrN2O/c1-4-7-20-17(13-6-5-12(2)16(18)9-13)14-8-15(21-3)11-19-10-14/h5-6,8-11,17,20H,4,7H2,1-3H3. The highest BCUT2D eigenvalue weighted by Crippen LogP contribution is 2.27. The quantitative estimate of drug-likeness (QED) is 0.847. The lowest BCUT2D eigenvalue weighted by atomic mass is 9.99. The Hall–Kier alpha value is -1.39. The van der Waals surface area contributed by atoms with E-state index in [9.17, 15) is 0 Å². The Labute approximate surface area is 134 Å². The summed E-state index contributed by atoms with van der Waals surface area (Å²) < 4.78 is 6.41. The average Bonchev–Trinajstić information content (AvgIpc) is 2.51. The lowest BCUT2D eigenvalue weighted by Crippen LogP contribution is -2.23. The third-order valence-electron chi connectivity index (χ3n) is 3.43. The maximum absolute atomic E-state index is 5.29. The molecule has 1 aromatic carbocycles. The van der Waals surface area contributed by atoms with E-state index in [2.05, 4.69) is 58.3 Å². The summed E-state index contributed by atoms with van der Waals surface area (Å²) in [7, 11) is 1.66. The van der Waals surface area contributed by atoms with E-state index in [1.165, 1.54) is 11.1 Å². The van der Waals surface area contributed by atoms with Gasteiger partial charge in [-0.3, -0.25) is 4.98 Å². The summed E-state index contributed by atoms with van der Waals surface area (Å²) >= 11 is 3.62. The van der Waals surface area contributed by atoms with Gasteiger partial charge >= 0.3 is 0 Å². The minimum absolute atomic E-state index is 0.115. The number of benzene rings is 1. The molecule has 3 nitrogen and oxygen atoms in total. The highest BCUT2D eigenvalue weighted by atomic mass is 79.9. The van der Waals surface area contributed by atoms with E-state index in [0.717, 1.165) is 28.8 Å². The van der Waals surface area contributed by atoms with Crippen LogP contribution in [0.15, 0.2) is 41.1 Å². The van der Waals surface area contributed by atoms with Crippen molar-refractivity contribution in [3.8, 4) is 5.75 Å². The molecule has 2 aromatic rings. The fourth-order valence-corrected chi connectivity index (χ4v) is 2.61. The maximum atomic E-state index is 5.29. The summed E-state index contributed by atoms with van der Waals surface area (Å²) in [6.07, 6.45) is 4.70. The lowest BCUT2D eigenvalue weighted by Gasteiger charge is -2.20. The van der Waals surface area contributed by atoms with Gasteiger partial charge in [-0.1, -0.05) is 35.0 Å². The zero-order valence-corrected chi connectivity index (χ0v) is 14.3. The van der Waals surface area contributed by atoms with Gasteiger partial charge in [0.2, 0.25) is 0 Å². The maximum Gasteiger partial charge on any atom is 0.137 e.